The lowest BCUT2D eigenvalue weighted by atomic mass is 9.98. The smallest absolute Gasteiger partial charge is 0.220 e. The molecule has 0 aliphatic heterocycles. The van der Waals surface area contributed by atoms with E-state index in [9.17, 15) is 14.7 Å². The minimum absolute atomic E-state index is 0.0397. The zero-order valence-corrected chi connectivity index (χ0v) is 25.2. The number of amides is 2. The Bertz CT molecular complexity index is 1370. The average molecular weight is 565 g/mol. The van der Waals surface area contributed by atoms with Gasteiger partial charge in [0.15, 0.2) is 0 Å². The second-order valence-electron chi connectivity index (χ2n) is 11.3. The molecule has 2 N–H and O–H groups in total. The van der Waals surface area contributed by atoms with Crippen molar-refractivity contribution in [2.45, 2.75) is 51.5 Å². The number of hydrogen-bond acceptors (Lipinski definition) is 3. The van der Waals surface area contributed by atoms with Gasteiger partial charge in [0.25, 0.3) is 0 Å². The van der Waals surface area contributed by atoms with Crippen LogP contribution in [0.1, 0.15) is 41.6 Å². The zero-order chi connectivity index (χ0) is 29.2. The fourth-order valence-corrected chi connectivity index (χ4v) is 7.22. The van der Waals surface area contributed by atoms with Crippen LogP contribution in [0.2, 0.25) is 19.1 Å². The molecule has 212 valence electrons. The fraction of sp³-hybridized carbons (Fsp3) is 0.257. The number of hydrogen-bond donors (Lipinski definition) is 2. The van der Waals surface area contributed by atoms with Gasteiger partial charge in [0.2, 0.25) is 11.8 Å². The van der Waals surface area contributed by atoms with E-state index in [0.29, 0.717) is 19.5 Å². The number of rotatable bonds is 12. The van der Waals surface area contributed by atoms with Crippen molar-refractivity contribution in [2.24, 2.45) is 0 Å². The Balaban J connectivity index is 1.34. The highest BCUT2D eigenvalue weighted by Crippen LogP contribution is 2.23. The van der Waals surface area contributed by atoms with Crippen molar-refractivity contribution in [3.63, 3.8) is 0 Å². The molecule has 4 aromatic rings. The molecular formula is C35H40N2O3Si. The molecule has 2 amide bonds. The summed E-state index contributed by atoms with van der Waals surface area (Å²) < 4.78 is 0. The number of aromatic hydroxyl groups is 1. The molecule has 6 heteroatoms. The van der Waals surface area contributed by atoms with Gasteiger partial charge in [-0.15, -0.1) is 0 Å². The van der Waals surface area contributed by atoms with Crippen molar-refractivity contribution < 1.29 is 14.7 Å². The van der Waals surface area contributed by atoms with Crippen molar-refractivity contribution in [3.05, 3.63) is 131 Å². The lowest BCUT2D eigenvalue weighted by Crippen LogP contribution is -2.42. The van der Waals surface area contributed by atoms with Crippen molar-refractivity contribution in [3.8, 4) is 5.75 Å². The normalized spacial score (nSPS) is 11.3. The molecule has 0 aliphatic carbocycles. The molecule has 4 rings (SSSR count). The van der Waals surface area contributed by atoms with Gasteiger partial charge >= 0.3 is 0 Å². The SMILES string of the molecule is CC(=O)N(CCc1ccc(O)cc1)Cc1ccc([Si](C)(C)CCC(=O)NC(c2ccccc2)c2ccccc2)cc1. The Kier molecular flexibility index (Phi) is 10.1. The first-order valence-corrected chi connectivity index (χ1v) is 17.4. The van der Waals surface area contributed by atoms with Crippen LogP contribution < -0.4 is 10.5 Å². The van der Waals surface area contributed by atoms with E-state index in [1.807, 2.05) is 53.4 Å². The Morgan fingerprint density at radius 3 is 1.85 bits per heavy atom. The number of carbonyl (C=O) groups is 2. The summed E-state index contributed by atoms with van der Waals surface area (Å²) in [5.41, 5.74) is 4.31. The van der Waals surface area contributed by atoms with Crippen LogP contribution in [-0.2, 0) is 22.6 Å². The van der Waals surface area contributed by atoms with Crippen LogP contribution in [0.15, 0.2) is 109 Å². The van der Waals surface area contributed by atoms with E-state index >= 15 is 0 Å². The Hall–Kier alpha value is -4.16. The van der Waals surface area contributed by atoms with E-state index in [0.717, 1.165) is 34.7 Å². The topological polar surface area (TPSA) is 69.6 Å². The summed E-state index contributed by atoms with van der Waals surface area (Å²) in [5.74, 6) is 0.344. The molecule has 5 nitrogen and oxygen atoms in total. The van der Waals surface area contributed by atoms with E-state index in [-0.39, 0.29) is 23.6 Å². The van der Waals surface area contributed by atoms with Crippen molar-refractivity contribution in [2.75, 3.05) is 6.54 Å². The van der Waals surface area contributed by atoms with Gasteiger partial charge in [-0.05, 0) is 46.9 Å². The minimum atomic E-state index is -1.86. The lowest BCUT2D eigenvalue weighted by Gasteiger charge is -2.25. The van der Waals surface area contributed by atoms with Crippen LogP contribution >= 0.6 is 0 Å². The molecule has 0 saturated heterocycles. The molecule has 0 aromatic heterocycles. The van der Waals surface area contributed by atoms with Crippen LogP contribution in [-0.4, -0.2) is 36.4 Å². The van der Waals surface area contributed by atoms with E-state index in [1.165, 1.54) is 5.19 Å². The summed E-state index contributed by atoms with van der Waals surface area (Å²) in [4.78, 5) is 27.3. The largest absolute Gasteiger partial charge is 0.508 e. The van der Waals surface area contributed by atoms with Gasteiger partial charge in [-0.3, -0.25) is 9.59 Å². The molecule has 0 saturated carbocycles. The van der Waals surface area contributed by atoms with Crippen molar-refractivity contribution in [1.82, 2.24) is 10.2 Å². The molecule has 0 heterocycles. The third-order valence-electron chi connectivity index (χ3n) is 7.71. The summed E-state index contributed by atoms with van der Waals surface area (Å²) in [5, 5.41) is 14.1. The molecule has 0 atom stereocenters. The Morgan fingerprint density at radius 2 is 1.32 bits per heavy atom. The highest BCUT2D eigenvalue weighted by Gasteiger charge is 2.25. The van der Waals surface area contributed by atoms with Crippen molar-refractivity contribution in [1.29, 1.82) is 0 Å². The first-order valence-electron chi connectivity index (χ1n) is 14.2. The maximum absolute atomic E-state index is 13.2. The van der Waals surface area contributed by atoms with Gasteiger partial charge in [0.05, 0.1) is 14.1 Å². The highest BCUT2D eigenvalue weighted by molar-refractivity contribution is 6.89. The predicted octanol–water partition coefficient (Wildman–Crippen LogP) is 6.19. The monoisotopic (exact) mass is 564 g/mol. The predicted molar refractivity (Wildman–Crippen MR) is 169 cm³/mol. The quantitative estimate of drug-likeness (QED) is 0.202. The second kappa shape index (κ2) is 13.9. The molecule has 0 bridgehead atoms. The number of nitrogens with zero attached hydrogens (tertiary/aromatic N) is 1. The number of phenols is 1. The number of carbonyl (C=O) groups excluding carboxylic acids is 2. The summed E-state index contributed by atoms with van der Waals surface area (Å²) in [6, 6.07) is 36.6. The van der Waals surface area contributed by atoms with E-state index in [1.54, 1.807) is 19.1 Å². The summed E-state index contributed by atoms with van der Waals surface area (Å²) in [7, 11) is -1.86. The summed E-state index contributed by atoms with van der Waals surface area (Å²) in [6.07, 6.45) is 1.21. The van der Waals surface area contributed by atoms with Crippen molar-refractivity contribution >= 4 is 25.1 Å². The minimum Gasteiger partial charge on any atom is -0.508 e. The van der Waals surface area contributed by atoms with Crippen LogP contribution in [0.5, 0.6) is 5.75 Å². The Labute approximate surface area is 244 Å². The molecule has 0 unspecified atom stereocenters. The van der Waals surface area contributed by atoms with Gasteiger partial charge in [0.1, 0.15) is 5.75 Å². The highest BCUT2D eigenvalue weighted by atomic mass is 28.3. The molecular weight excluding hydrogens is 524 g/mol. The first kappa shape index (κ1) is 29.8. The third-order valence-corrected chi connectivity index (χ3v) is 11.1. The maximum atomic E-state index is 13.2. The molecule has 0 fully saturated rings. The van der Waals surface area contributed by atoms with Crippen LogP contribution in [0.4, 0.5) is 0 Å². The molecule has 0 radical (unpaired) electrons. The average Bonchev–Trinajstić information content (AvgIpc) is 2.99. The van der Waals surface area contributed by atoms with E-state index in [4.69, 9.17) is 0 Å². The maximum Gasteiger partial charge on any atom is 0.220 e. The fourth-order valence-electron chi connectivity index (χ4n) is 5.01. The van der Waals surface area contributed by atoms with Crippen LogP contribution in [0.25, 0.3) is 0 Å². The van der Waals surface area contributed by atoms with Crippen LogP contribution in [0.3, 0.4) is 0 Å². The van der Waals surface area contributed by atoms with Gasteiger partial charge in [-0.2, -0.15) is 0 Å². The molecule has 41 heavy (non-hydrogen) atoms. The van der Waals surface area contributed by atoms with Gasteiger partial charge < -0.3 is 15.3 Å². The number of nitrogens with one attached hydrogen (secondary N) is 1. The lowest BCUT2D eigenvalue weighted by molar-refractivity contribution is -0.129. The Morgan fingerprint density at radius 1 is 0.780 bits per heavy atom. The van der Waals surface area contributed by atoms with E-state index < -0.39 is 8.07 Å². The van der Waals surface area contributed by atoms with Gasteiger partial charge in [-0.25, -0.2) is 0 Å². The molecule has 0 aliphatic rings. The third kappa shape index (κ3) is 8.66. The molecule has 4 aromatic carbocycles. The summed E-state index contributed by atoms with van der Waals surface area (Å²) in [6.45, 7) is 7.39. The number of phenolic OH excluding ortho intramolecular Hbond substituents is 1. The zero-order valence-electron chi connectivity index (χ0n) is 24.2. The van der Waals surface area contributed by atoms with Gasteiger partial charge in [-0.1, -0.05) is 115 Å². The standard InChI is InChI=1S/C35H40N2O3Si/c1-27(38)37(24-22-28-14-18-32(39)19-15-28)26-29-16-20-33(21-17-29)41(2,3)25-23-34(40)36-35(30-10-6-4-7-11-30)31-12-8-5-9-13-31/h4-21,35,39H,22-26H2,1-3H3,(H,36,40). The van der Waals surface area contributed by atoms with Crippen LogP contribution in [0, 0.1) is 0 Å². The van der Waals surface area contributed by atoms with E-state index in [2.05, 4.69) is 66.9 Å². The second-order valence-corrected chi connectivity index (χ2v) is 16.1. The first-order chi connectivity index (χ1) is 19.7. The summed E-state index contributed by atoms with van der Waals surface area (Å²) >= 11 is 0. The molecule has 0 spiro atoms. The van der Waals surface area contributed by atoms with Gasteiger partial charge in [0, 0.05) is 26.4 Å². The number of benzene rings is 4.